The largest absolute Gasteiger partial charge is 0.497 e. The number of fused-ring (bicyclic) bond motifs is 3. The molecule has 2 aromatic carbocycles. The second kappa shape index (κ2) is 33.2. The molecular weight excluding hydrogens is 1150 g/mol. The summed E-state index contributed by atoms with van der Waals surface area (Å²) in [5.74, 6) is -8.10. The summed E-state index contributed by atoms with van der Waals surface area (Å²) in [5.41, 5.74) is 2.16. The van der Waals surface area contributed by atoms with Crippen molar-refractivity contribution in [2.24, 2.45) is 35.5 Å². The number of hydrogen-bond acceptors (Lipinski definition) is 17. The zero-order valence-corrected chi connectivity index (χ0v) is 54.3. The van der Waals surface area contributed by atoms with E-state index < -0.39 is 131 Å². The Kier molecular flexibility index (Phi) is 27.1. The van der Waals surface area contributed by atoms with Gasteiger partial charge in [-0.15, -0.1) is 0 Å². The molecule has 1 unspecified atom stereocenters. The van der Waals surface area contributed by atoms with Crippen LogP contribution in [-0.2, 0) is 64.1 Å². The molecule has 6 rings (SSSR count). The maximum absolute atomic E-state index is 14.9. The van der Waals surface area contributed by atoms with Crippen molar-refractivity contribution in [2.45, 2.75) is 204 Å². The Morgan fingerprint density at radius 3 is 2.18 bits per heavy atom. The molecule has 490 valence electrons. The van der Waals surface area contributed by atoms with Crippen molar-refractivity contribution in [3.8, 4) is 5.75 Å². The van der Waals surface area contributed by atoms with E-state index >= 15 is 0 Å². The van der Waals surface area contributed by atoms with E-state index in [1.807, 2.05) is 70.2 Å². The van der Waals surface area contributed by atoms with Gasteiger partial charge in [-0.05, 0) is 144 Å². The zero-order chi connectivity index (χ0) is 64.6. The molecule has 88 heavy (non-hydrogen) atoms. The van der Waals surface area contributed by atoms with Gasteiger partial charge in [0.05, 0.1) is 61.1 Å². The zero-order valence-electron chi connectivity index (χ0n) is 53.5. The number of benzene rings is 2. The fourth-order valence-corrected chi connectivity index (χ4v) is 14.7. The third-order valence-corrected chi connectivity index (χ3v) is 20.0. The SMILES string of the molecule is COc1ccc(S(=O)(=O)N(CC(C)C)C[C@@H](O)[C@H](Cc2ccccc2)NC(=O)/C=C/C[C@H]2/C=C(/C)C[C@@H](C)C[C@@H](OC)[C@@H]3O[C@@](O)(CC(=O)C(=O)N4CCCCC4C(=O)O[C@H](/C(C)=C/[C@@H]4CC[C@@H](O)[C@H](OC)C4)[C@H](C)[C@@H](O)CC2=O)[C@H](C)C[C@@H]3OC)cc1. The van der Waals surface area contributed by atoms with Gasteiger partial charge >= 0.3 is 5.97 Å². The Morgan fingerprint density at radius 2 is 1.53 bits per heavy atom. The van der Waals surface area contributed by atoms with E-state index in [0.717, 1.165) is 11.1 Å². The number of aliphatic hydroxyl groups is 4. The van der Waals surface area contributed by atoms with Gasteiger partial charge in [-0.25, -0.2) is 13.2 Å². The molecule has 0 aromatic heterocycles. The van der Waals surface area contributed by atoms with Gasteiger partial charge in [0.25, 0.3) is 5.91 Å². The van der Waals surface area contributed by atoms with E-state index in [9.17, 15) is 52.8 Å². The number of ether oxygens (including phenoxy) is 6. The minimum atomic E-state index is -4.12. The number of allylic oxidation sites excluding steroid dienone is 4. The maximum atomic E-state index is 14.9. The molecular formula is C67H99N3O17S. The number of nitrogens with zero attached hydrogens (tertiary/aromatic N) is 2. The highest BCUT2D eigenvalue weighted by Gasteiger charge is 2.51. The Morgan fingerprint density at radius 1 is 0.864 bits per heavy atom. The fourth-order valence-electron chi connectivity index (χ4n) is 13.0. The molecule has 4 aliphatic rings. The highest BCUT2D eigenvalue weighted by molar-refractivity contribution is 7.89. The minimum Gasteiger partial charge on any atom is -0.497 e. The number of nitrogens with one attached hydrogen (secondary N) is 1. The van der Waals surface area contributed by atoms with E-state index in [1.165, 1.54) is 55.9 Å². The lowest BCUT2D eigenvalue weighted by Gasteiger charge is -2.47. The molecule has 1 saturated carbocycles. The first-order valence-corrected chi connectivity index (χ1v) is 32.8. The molecule has 21 heteroatoms. The Balaban J connectivity index is 1.34. The number of Topliss-reactive ketones (excluding diaryl/α,β-unsaturated/α-hetero) is 2. The van der Waals surface area contributed by atoms with Gasteiger partial charge in [-0.2, -0.15) is 4.31 Å². The summed E-state index contributed by atoms with van der Waals surface area (Å²) in [6.45, 7) is 12.6. The van der Waals surface area contributed by atoms with Gasteiger partial charge in [-0.3, -0.25) is 19.2 Å². The highest BCUT2D eigenvalue weighted by Crippen LogP contribution is 2.40. The van der Waals surface area contributed by atoms with Crippen LogP contribution >= 0.6 is 0 Å². The molecule has 2 aromatic rings. The molecule has 1 aliphatic carbocycles. The van der Waals surface area contributed by atoms with E-state index in [4.69, 9.17) is 28.4 Å². The van der Waals surface area contributed by atoms with Crippen LogP contribution in [0.3, 0.4) is 0 Å². The summed E-state index contributed by atoms with van der Waals surface area (Å²) in [6.07, 6.45) is 2.49. The maximum Gasteiger partial charge on any atom is 0.329 e. The quantitative estimate of drug-likeness (QED) is 0.0417. The molecule has 16 atom stereocenters. The molecule has 0 radical (unpaired) electrons. The second-order valence-corrected chi connectivity index (χ2v) is 27.5. The van der Waals surface area contributed by atoms with Gasteiger partial charge in [0, 0.05) is 65.1 Å². The number of piperidine rings is 1. The lowest BCUT2D eigenvalue weighted by atomic mass is 9.81. The molecule has 5 N–H and O–H groups in total. The van der Waals surface area contributed by atoms with Crippen molar-refractivity contribution >= 4 is 39.4 Å². The van der Waals surface area contributed by atoms with E-state index in [2.05, 4.69) is 5.32 Å². The van der Waals surface area contributed by atoms with E-state index in [0.29, 0.717) is 56.3 Å². The molecule has 2 saturated heterocycles. The molecule has 20 nitrogen and oxygen atoms in total. The number of esters is 1. The van der Waals surface area contributed by atoms with Crippen LogP contribution < -0.4 is 10.1 Å². The summed E-state index contributed by atoms with van der Waals surface area (Å²) in [4.78, 5) is 73.4. The van der Waals surface area contributed by atoms with Crippen molar-refractivity contribution in [2.75, 3.05) is 48.1 Å². The number of methoxy groups -OCH3 is 4. The predicted octanol–water partition coefficient (Wildman–Crippen LogP) is 6.84. The molecule has 2 amide bonds. The van der Waals surface area contributed by atoms with Gasteiger partial charge in [-0.1, -0.05) is 88.8 Å². The highest BCUT2D eigenvalue weighted by atomic mass is 32.2. The lowest BCUT2D eigenvalue weighted by molar-refractivity contribution is -0.320. The normalized spacial score (nSPS) is 31.9. The topological polar surface area (TPSA) is 274 Å². The number of ketones is 2. The second-order valence-electron chi connectivity index (χ2n) is 25.6. The third-order valence-electron chi connectivity index (χ3n) is 18.1. The molecule has 0 spiro atoms. The Hall–Kier alpha value is -5.20. The predicted molar refractivity (Wildman–Crippen MR) is 331 cm³/mol. The summed E-state index contributed by atoms with van der Waals surface area (Å²) in [7, 11) is 1.94. The number of aliphatic hydroxyl groups excluding tert-OH is 3. The fraction of sp³-hybridized carbons (Fsp3) is 0.657. The smallest absolute Gasteiger partial charge is 0.329 e. The summed E-state index contributed by atoms with van der Waals surface area (Å²) in [6, 6.07) is 13.0. The van der Waals surface area contributed by atoms with Gasteiger partial charge in [0.15, 0.2) is 5.79 Å². The van der Waals surface area contributed by atoms with Crippen LogP contribution in [0.2, 0.25) is 0 Å². The average Bonchev–Trinajstić information content (AvgIpc) is 2.46. The minimum absolute atomic E-state index is 0.00591. The van der Waals surface area contributed by atoms with Crippen LogP contribution in [0, 0.1) is 35.5 Å². The van der Waals surface area contributed by atoms with Crippen molar-refractivity contribution in [3.63, 3.8) is 0 Å². The molecule has 3 heterocycles. The van der Waals surface area contributed by atoms with Gasteiger partial charge < -0.3 is 59.1 Å². The van der Waals surface area contributed by atoms with Crippen LogP contribution in [0.1, 0.15) is 131 Å². The first kappa shape index (κ1) is 71.9. The number of carbonyl (C=O) groups is 5. The van der Waals surface area contributed by atoms with Crippen LogP contribution in [0.25, 0.3) is 0 Å². The lowest BCUT2D eigenvalue weighted by Crippen LogP contribution is -2.59. The van der Waals surface area contributed by atoms with Crippen molar-refractivity contribution in [3.05, 3.63) is 95.6 Å². The first-order valence-electron chi connectivity index (χ1n) is 31.3. The van der Waals surface area contributed by atoms with Crippen molar-refractivity contribution in [1.29, 1.82) is 0 Å². The molecule has 2 bridgehead atoms. The Labute approximate surface area is 521 Å². The molecule has 3 aliphatic heterocycles. The number of cyclic esters (lactones) is 1. The number of amides is 2. The number of carbonyl (C=O) groups excluding carboxylic acids is 5. The van der Waals surface area contributed by atoms with E-state index in [-0.39, 0.29) is 73.8 Å². The van der Waals surface area contributed by atoms with Gasteiger partial charge in [0.1, 0.15) is 29.8 Å². The van der Waals surface area contributed by atoms with Gasteiger partial charge in [0.2, 0.25) is 21.7 Å². The molecule has 3 fully saturated rings. The third kappa shape index (κ3) is 19.4. The number of rotatable bonds is 19. The van der Waals surface area contributed by atoms with E-state index in [1.54, 1.807) is 39.0 Å². The number of hydrogen-bond donors (Lipinski definition) is 5. The standard InChI is InChI=1S/C67H99N3O17S/c1-41(2)39-69(88(80,81)51-26-24-50(82-8)25-27-51)40-58(75)52(35-47-18-13-12-14-19-47)68-62(76)22-17-20-49-31-42(3)30-43(4)32-60(84-10)64-61(85-11)34-45(6)67(79,87-64)38-57(74)65(77)70-29-16-15-21-53(70)66(78)86-63(46(7)55(72)37-56(49)73)44(5)33-48-23-28-54(71)59(36-48)83-9/h12-14,17-19,22,24-27,31,33,41,43,45-46,48-49,52-55,58-61,63-64,71-72,75,79H,15-16,20-21,23,28-30,32,34-40H2,1-11H3,(H,68,76)/b22-17+,42-31-,44-33+/t43-,45-,46-,48+,49+,52+,53?,54-,55+,58-,59-,60-,61+,63-,64+,67+/m1/s1. The van der Waals surface area contributed by atoms with Crippen LogP contribution in [-0.4, -0.2) is 182 Å². The summed E-state index contributed by atoms with van der Waals surface area (Å²) < 4.78 is 65.2. The van der Waals surface area contributed by atoms with Crippen LogP contribution in [0.15, 0.2) is 94.9 Å². The van der Waals surface area contributed by atoms with Crippen LogP contribution in [0.4, 0.5) is 0 Å². The summed E-state index contributed by atoms with van der Waals surface area (Å²) >= 11 is 0. The first-order chi connectivity index (χ1) is 41.7. The summed E-state index contributed by atoms with van der Waals surface area (Å²) in [5, 5.41) is 50.0. The van der Waals surface area contributed by atoms with Crippen molar-refractivity contribution in [1.82, 2.24) is 14.5 Å². The Bertz CT molecular complexity index is 2830. The average molecular weight is 1250 g/mol. The van der Waals surface area contributed by atoms with Crippen molar-refractivity contribution < 1.29 is 81.2 Å². The van der Waals surface area contributed by atoms with Crippen LogP contribution in [0.5, 0.6) is 5.75 Å². The monoisotopic (exact) mass is 1250 g/mol. The number of sulfonamides is 1.